The summed E-state index contributed by atoms with van der Waals surface area (Å²) >= 11 is 0. The molecule has 10 heteroatoms. The van der Waals surface area contributed by atoms with Crippen LogP contribution in [0.5, 0.6) is 17.2 Å². The van der Waals surface area contributed by atoms with E-state index in [9.17, 15) is 19.7 Å². The molecule has 0 aliphatic rings. The number of methoxy groups -OCH3 is 1. The second-order valence-corrected chi connectivity index (χ2v) is 6.76. The molecule has 0 radical (unpaired) electrons. The second kappa shape index (κ2) is 11.2. The molecule has 0 saturated carbocycles. The van der Waals surface area contributed by atoms with Gasteiger partial charge in [-0.3, -0.25) is 14.9 Å². The molecule has 10 nitrogen and oxygen atoms in total. The van der Waals surface area contributed by atoms with Crippen molar-refractivity contribution in [1.29, 1.82) is 0 Å². The lowest BCUT2D eigenvalue weighted by Gasteiger charge is -2.11. The Hall–Kier alpha value is -4.73. The van der Waals surface area contributed by atoms with E-state index in [-0.39, 0.29) is 17.0 Å². The first-order valence-electron chi connectivity index (χ1n) is 10.1. The Morgan fingerprint density at radius 3 is 2.29 bits per heavy atom. The van der Waals surface area contributed by atoms with E-state index < -0.39 is 16.8 Å². The largest absolute Gasteiger partial charge is 0.497 e. The molecular formula is C24H21N3O7. The molecule has 1 amide bonds. The predicted octanol–water partition coefficient (Wildman–Crippen LogP) is 3.99. The zero-order valence-corrected chi connectivity index (χ0v) is 18.4. The lowest BCUT2D eigenvalue weighted by atomic mass is 10.2. The van der Waals surface area contributed by atoms with Crippen LogP contribution in [-0.4, -0.2) is 36.7 Å². The van der Waals surface area contributed by atoms with E-state index in [1.807, 2.05) is 0 Å². The van der Waals surface area contributed by atoms with Gasteiger partial charge >= 0.3 is 5.97 Å². The van der Waals surface area contributed by atoms with Crippen molar-refractivity contribution in [3.63, 3.8) is 0 Å². The van der Waals surface area contributed by atoms with Gasteiger partial charge in [0.1, 0.15) is 5.75 Å². The molecule has 174 valence electrons. The average Bonchev–Trinajstić information content (AvgIpc) is 2.85. The van der Waals surface area contributed by atoms with Crippen molar-refractivity contribution in [2.45, 2.75) is 6.92 Å². The third-order valence-corrected chi connectivity index (χ3v) is 4.52. The van der Waals surface area contributed by atoms with Gasteiger partial charge in [-0.25, -0.2) is 10.2 Å². The van der Waals surface area contributed by atoms with Crippen LogP contribution in [0.2, 0.25) is 0 Å². The molecular weight excluding hydrogens is 442 g/mol. The number of carbonyl (C=O) groups is 2. The molecule has 0 aromatic heterocycles. The zero-order valence-electron chi connectivity index (χ0n) is 18.4. The number of hydrogen-bond donors (Lipinski definition) is 1. The highest BCUT2D eigenvalue weighted by molar-refractivity contribution is 5.95. The van der Waals surface area contributed by atoms with Crippen LogP contribution in [-0.2, 0) is 0 Å². The zero-order chi connectivity index (χ0) is 24.5. The summed E-state index contributed by atoms with van der Waals surface area (Å²) < 4.78 is 16.1. The van der Waals surface area contributed by atoms with Crippen LogP contribution in [0.4, 0.5) is 5.69 Å². The van der Waals surface area contributed by atoms with Crippen molar-refractivity contribution in [3.05, 3.63) is 93.5 Å². The van der Waals surface area contributed by atoms with Gasteiger partial charge in [-0.15, -0.1) is 0 Å². The number of ether oxygens (including phenoxy) is 3. The van der Waals surface area contributed by atoms with Crippen LogP contribution in [0.15, 0.2) is 71.8 Å². The van der Waals surface area contributed by atoms with Gasteiger partial charge in [-0.2, -0.15) is 5.10 Å². The molecule has 0 fully saturated rings. The molecule has 34 heavy (non-hydrogen) atoms. The van der Waals surface area contributed by atoms with Gasteiger partial charge in [0.25, 0.3) is 11.6 Å². The van der Waals surface area contributed by atoms with Crippen molar-refractivity contribution in [1.82, 2.24) is 5.43 Å². The minimum Gasteiger partial charge on any atom is -0.497 e. The number of amides is 1. The fraction of sp³-hybridized carbons (Fsp3) is 0.125. The molecule has 0 atom stereocenters. The third-order valence-electron chi connectivity index (χ3n) is 4.52. The Balaban J connectivity index is 1.67. The van der Waals surface area contributed by atoms with E-state index in [0.717, 1.165) is 0 Å². The van der Waals surface area contributed by atoms with Crippen LogP contribution in [0.3, 0.4) is 0 Å². The van der Waals surface area contributed by atoms with Crippen LogP contribution < -0.4 is 19.6 Å². The first-order valence-corrected chi connectivity index (χ1v) is 10.1. The summed E-state index contributed by atoms with van der Waals surface area (Å²) in [6, 6.07) is 16.5. The molecule has 0 spiro atoms. The van der Waals surface area contributed by atoms with E-state index in [1.54, 1.807) is 49.4 Å². The molecule has 0 saturated heterocycles. The maximum atomic E-state index is 12.5. The lowest BCUT2D eigenvalue weighted by molar-refractivity contribution is -0.384. The Morgan fingerprint density at radius 2 is 1.68 bits per heavy atom. The van der Waals surface area contributed by atoms with Crippen LogP contribution >= 0.6 is 0 Å². The number of carbonyl (C=O) groups excluding carboxylic acids is 2. The monoisotopic (exact) mass is 463 g/mol. The topological polar surface area (TPSA) is 129 Å². The smallest absolute Gasteiger partial charge is 0.343 e. The lowest BCUT2D eigenvalue weighted by Crippen LogP contribution is -2.17. The summed E-state index contributed by atoms with van der Waals surface area (Å²) in [4.78, 5) is 34.8. The van der Waals surface area contributed by atoms with Gasteiger partial charge in [-0.05, 0) is 67.1 Å². The van der Waals surface area contributed by atoms with Crippen molar-refractivity contribution in [2.24, 2.45) is 5.10 Å². The summed E-state index contributed by atoms with van der Waals surface area (Å²) in [5, 5.41) is 14.6. The minimum absolute atomic E-state index is 0.115. The SMILES string of the molecule is CCOc1cc(C=NNC(=O)c2ccc([N+](=O)[O-])cc2)ccc1OC(=O)c1ccc(OC)cc1. The first kappa shape index (κ1) is 23.9. The summed E-state index contributed by atoms with van der Waals surface area (Å²) in [5.74, 6) is 0.0993. The van der Waals surface area contributed by atoms with Gasteiger partial charge in [0, 0.05) is 17.7 Å². The number of benzene rings is 3. The van der Waals surface area contributed by atoms with Gasteiger partial charge in [-0.1, -0.05) is 0 Å². The highest BCUT2D eigenvalue weighted by atomic mass is 16.6. The average molecular weight is 463 g/mol. The predicted molar refractivity (Wildman–Crippen MR) is 124 cm³/mol. The molecule has 0 aliphatic carbocycles. The number of hydrogen-bond acceptors (Lipinski definition) is 8. The minimum atomic E-state index is -0.555. The number of nitro benzene ring substituents is 1. The molecule has 0 unspecified atom stereocenters. The van der Waals surface area contributed by atoms with Crippen molar-refractivity contribution in [3.8, 4) is 17.2 Å². The van der Waals surface area contributed by atoms with E-state index in [2.05, 4.69) is 10.5 Å². The van der Waals surface area contributed by atoms with E-state index in [0.29, 0.717) is 29.2 Å². The van der Waals surface area contributed by atoms with Crippen molar-refractivity contribution < 1.29 is 28.7 Å². The highest BCUT2D eigenvalue weighted by Gasteiger charge is 2.14. The number of nitrogens with one attached hydrogen (secondary N) is 1. The number of nitrogens with zero attached hydrogens (tertiary/aromatic N) is 2. The number of hydrazone groups is 1. The molecule has 3 aromatic carbocycles. The number of nitro groups is 1. The van der Waals surface area contributed by atoms with Gasteiger partial charge in [0.15, 0.2) is 11.5 Å². The van der Waals surface area contributed by atoms with Gasteiger partial charge < -0.3 is 14.2 Å². The molecule has 1 N–H and O–H groups in total. The summed E-state index contributed by atoms with van der Waals surface area (Å²) in [6.45, 7) is 2.13. The summed E-state index contributed by atoms with van der Waals surface area (Å²) in [7, 11) is 1.54. The first-order chi connectivity index (χ1) is 16.4. The molecule has 0 aliphatic heterocycles. The third kappa shape index (κ3) is 6.16. The Labute approximate surface area is 194 Å². The normalized spacial score (nSPS) is 10.5. The van der Waals surface area contributed by atoms with Crippen molar-refractivity contribution >= 4 is 23.8 Å². The molecule has 0 bridgehead atoms. The highest BCUT2D eigenvalue weighted by Crippen LogP contribution is 2.29. The van der Waals surface area contributed by atoms with Crippen molar-refractivity contribution in [2.75, 3.05) is 13.7 Å². The second-order valence-electron chi connectivity index (χ2n) is 6.76. The number of non-ortho nitro benzene ring substituents is 1. The van der Waals surface area contributed by atoms with Crippen LogP contribution in [0, 0.1) is 10.1 Å². The standard InChI is InChI=1S/C24H21N3O7/c1-3-33-22-14-16(15-25-26-23(28)17-5-9-19(10-6-17)27(30)31)4-13-21(22)34-24(29)18-7-11-20(32-2)12-8-18/h4-15H,3H2,1-2H3,(H,26,28). The van der Waals surface area contributed by atoms with Crippen LogP contribution in [0.25, 0.3) is 0 Å². The summed E-state index contributed by atoms with van der Waals surface area (Å²) in [6.07, 6.45) is 1.39. The molecule has 3 rings (SSSR count). The van der Waals surface area contributed by atoms with Crippen LogP contribution in [0.1, 0.15) is 33.2 Å². The van der Waals surface area contributed by atoms with Gasteiger partial charge in [0.05, 0.1) is 30.4 Å². The number of rotatable bonds is 9. The molecule has 0 heterocycles. The van der Waals surface area contributed by atoms with Gasteiger partial charge in [0.2, 0.25) is 0 Å². The molecule has 3 aromatic rings. The van der Waals surface area contributed by atoms with E-state index in [4.69, 9.17) is 14.2 Å². The van der Waals surface area contributed by atoms with E-state index in [1.165, 1.54) is 37.6 Å². The maximum Gasteiger partial charge on any atom is 0.343 e. The fourth-order valence-electron chi connectivity index (χ4n) is 2.81. The fourth-order valence-corrected chi connectivity index (χ4v) is 2.81. The maximum absolute atomic E-state index is 12.5. The Bertz CT molecular complexity index is 1210. The number of esters is 1. The quantitative estimate of drug-likeness (QED) is 0.167. The Morgan fingerprint density at radius 1 is 1.00 bits per heavy atom. The summed E-state index contributed by atoms with van der Waals surface area (Å²) in [5.41, 5.74) is 3.39. The Kier molecular flexibility index (Phi) is 7.90. The van der Waals surface area contributed by atoms with E-state index >= 15 is 0 Å².